The lowest BCUT2D eigenvalue weighted by molar-refractivity contribution is 0.102. The summed E-state index contributed by atoms with van der Waals surface area (Å²) in [5.41, 5.74) is 1.82. The predicted octanol–water partition coefficient (Wildman–Crippen LogP) is 5.31. The van der Waals surface area contributed by atoms with Gasteiger partial charge < -0.3 is 4.57 Å². The molecule has 3 aromatic rings. The number of rotatable bonds is 3. The third-order valence-electron chi connectivity index (χ3n) is 4.70. The first kappa shape index (κ1) is 16.3. The molecule has 1 saturated carbocycles. The van der Waals surface area contributed by atoms with Gasteiger partial charge in [-0.1, -0.05) is 31.0 Å². The number of nitrogens with zero attached hydrogens (tertiary/aromatic N) is 2. The second-order valence-electron chi connectivity index (χ2n) is 6.28. The number of nitrogens with one attached hydrogen (secondary N) is 1. The maximum absolute atomic E-state index is 14.1. The third-order valence-corrected chi connectivity index (χ3v) is 5.36. The molecular formula is C19H17BrFN3O. The van der Waals surface area contributed by atoms with Crippen LogP contribution in [-0.4, -0.2) is 15.5 Å². The molecule has 1 aliphatic rings. The molecule has 4 rings (SSSR count). The SMILES string of the molecule is O=C(Nc1nc2ccccc2n1C1CCCC1)c1c(F)cccc1Br. The average Bonchev–Trinajstić information content (AvgIpc) is 3.21. The number of carbonyl (C=O) groups is 1. The van der Waals surface area contributed by atoms with Gasteiger partial charge in [0.15, 0.2) is 0 Å². The topological polar surface area (TPSA) is 46.9 Å². The molecule has 6 heteroatoms. The number of aromatic nitrogens is 2. The highest BCUT2D eigenvalue weighted by Crippen LogP contribution is 2.35. The van der Waals surface area contributed by atoms with Crippen LogP contribution in [0.15, 0.2) is 46.9 Å². The van der Waals surface area contributed by atoms with Gasteiger partial charge in [-0.2, -0.15) is 0 Å². The highest BCUT2D eigenvalue weighted by Gasteiger charge is 2.25. The molecule has 0 saturated heterocycles. The first-order valence-electron chi connectivity index (χ1n) is 8.37. The van der Waals surface area contributed by atoms with Crippen LogP contribution in [-0.2, 0) is 0 Å². The number of amides is 1. The maximum Gasteiger partial charge on any atom is 0.262 e. The number of para-hydroxylation sites is 2. The fraction of sp³-hybridized carbons (Fsp3) is 0.263. The van der Waals surface area contributed by atoms with Crippen molar-refractivity contribution in [3.8, 4) is 0 Å². The molecule has 0 radical (unpaired) electrons. The Kier molecular flexibility index (Phi) is 4.29. The first-order valence-corrected chi connectivity index (χ1v) is 9.17. The Morgan fingerprint density at radius 3 is 2.68 bits per heavy atom. The van der Waals surface area contributed by atoms with Crippen LogP contribution in [0.25, 0.3) is 11.0 Å². The number of hydrogen-bond donors (Lipinski definition) is 1. The minimum atomic E-state index is -0.560. The minimum absolute atomic E-state index is 0.00692. The monoisotopic (exact) mass is 401 g/mol. The van der Waals surface area contributed by atoms with Gasteiger partial charge >= 0.3 is 0 Å². The normalized spacial score (nSPS) is 15.0. The molecule has 0 unspecified atom stereocenters. The van der Waals surface area contributed by atoms with E-state index < -0.39 is 11.7 Å². The zero-order valence-electron chi connectivity index (χ0n) is 13.5. The van der Waals surface area contributed by atoms with E-state index >= 15 is 0 Å². The molecule has 1 fully saturated rings. The van der Waals surface area contributed by atoms with Gasteiger partial charge in [-0.25, -0.2) is 9.37 Å². The van der Waals surface area contributed by atoms with E-state index in [2.05, 4.69) is 30.8 Å². The van der Waals surface area contributed by atoms with Crippen molar-refractivity contribution in [1.29, 1.82) is 0 Å². The minimum Gasteiger partial charge on any atom is -0.307 e. The fourth-order valence-electron chi connectivity index (χ4n) is 3.54. The lowest BCUT2D eigenvalue weighted by Crippen LogP contribution is -2.19. The first-order chi connectivity index (χ1) is 12.1. The van der Waals surface area contributed by atoms with Crippen molar-refractivity contribution in [2.75, 3.05) is 5.32 Å². The molecule has 2 aromatic carbocycles. The molecule has 1 aliphatic carbocycles. The van der Waals surface area contributed by atoms with Crippen LogP contribution in [0.3, 0.4) is 0 Å². The van der Waals surface area contributed by atoms with Gasteiger partial charge in [0.2, 0.25) is 5.95 Å². The summed E-state index contributed by atoms with van der Waals surface area (Å²) in [6.45, 7) is 0. The Balaban J connectivity index is 1.76. The highest BCUT2D eigenvalue weighted by molar-refractivity contribution is 9.10. The zero-order valence-corrected chi connectivity index (χ0v) is 15.1. The standard InChI is InChI=1S/C19H17BrFN3O/c20-13-8-5-9-14(21)17(13)18(25)23-19-22-15-10-3-4-11-16(15)24(19)12-6-1-2-7-12/h3-5,8-12H,1-2,6-7H2,(H,22,23,25). The van der Waals surface area contributed by atoms with E-state index in [0.717, 1.165) is 23.9 Å². The summed E-state index contributed by atoms with van der Waals surface area (Å²) in [5.74, 6) is -0.580. The highest BCUT2D eigenvalue weighted by atomic mass is 79.9. The van der Waals surface area contributed by atoms with Crippen molar-refractivity contribution in [2.24, 2.45) is 0 Å². The van der Waals surface area contributed by atoms with Crippen molar-refractivity contribution >= 4 is 38.8 Å². The van der Waals surface area contributed by atoms with Crippen molar-refractivity contribution in [1.82, 2.24) is 9.55 Å². The Morgan fingerprint density at radius 2 is 1.92 bits per heavy atom. The number of halogens is 2. The van der Waals surface area contributed by atoms with Crippen molar-refractivity contribution < 1.29 is 9.18 Å². The van der Waals surface area contributed by atoms with Gasteiger partial charge in [-0.05, 0) is 53.0 Å². The van der Waals surface area contributed by atoms with E-state index in [-0.39, 0.29) is 5.56 Å². The molecule has 1 amide bonds. The van der Waals surface area contributed by atoms with Gasteiger partial charge in [-0.15, -0.1) is 0 Å². The quantitative estimate of drug-likeness (QED) is 0.646. The average molecular weight is 402 g/mol. The van der Waals surface area contributed by atoms with E-state index in [1.54, 1.807) is 12.1 Å². The van der Waals surface area contributed by atoms with E-state index in [1.165, 1.54) is 18.9 Å². The second kappa shape index (κ2) is 6.59. The van der Waals surface area contributed by atoms with E-state index in [0.29, 0.717) is 16.5 Å². The van der Waals surface area contributed by atoms with Gasteiger partial charge in [0.25, 0.3) is 5.91 Å². The number of hydrogen-bond acceptors (Lipinski definition) is 2. The van der Waals surface area contributed by atoms with Gasteiger partial charge in [0.05, 0.1) is 16.6 Å². The molecule has 4 nitrogen and oxygen atoms in total. The predicted molar refractivity (Wildman–Crippen MR) is 99.3 cm³/mol. The Bertz CT molecular complexity index is 927. The molecule has 1 N–H and O–H groups in total. The van der Waals surface area contributed by atoms with Crippen molar-refractivity contribution in [3.63, 3.8) is 0 Å². The molecule has 128 valence electrons. The third kappa shape index (κ3) is 2.95. The summed E-state index contributed by atoms with van der Waals surface area (Å²) >= 11 is 3.25. The molecule has 0 bridgehead atoms. The number of carbonyl (C=O) groups excluding carboxylic acids is 1. The van der Waals surface area contributed by atoms with E-state index in [1.807, 2.05) is 24.3 Å². The largest absolute Gasteiger partial charge is 0.307 e. The maximum atomic E-state index is 14.1. The molecule has 0 aliphatic heterocycles. The van der Waals surface area contributed by atoms with Crippen LogP contribution < -0.4 is 5.32 Å². The van der Waals surface area contributed by atoms with Crippen LogP contribution in [0.1, 0.15) is 42.1 Å². The zero-order chi connectivity index (χ0) is 17.4. The molecule has 1 aromatic heterocycles. The summed E-state index contributed by atoms with van der Waals surface area (Å²) in [4.78, 5) is 17.2. The lowest BCUT2D eigenvalue weighted by atomic mass is 10.2. The molecule has 1 heterocycles. The Labute approximate surface area is 153 Å². The van der Waals surface area contributed by atoms with Gasteiger partial charge in [-0.3, -0.25) is 10.1 Å². The van der Waals surface area contributed by atoms with Gasteiger partial charge in [0.1, 0.15) is 5.82 Å². The van der Waals surface area contributed by atoms with Crippen LogP contribution in [0, 0.1) is 5.82 Å². The summed E-state index contributed by atoms with van der Waals surface area (Å²) in [6.07, 6.45) is 4.46. The van der Waals surface area contributed by atoms with E-state index in [4.69, 9.17) is 0 Å². The molecule has 0 spiro atoms. The summed E-state index contributed by atoms with van der Waals surface area (Å²) < 4.78 is 16.6. The molecule has 0 atom stereocenters. The number of fused-ring (bicyclic) bond motifs is 1. The van der Waals surface area contributed by atoms with Crippen LogP contribution in [0.2, 0.25) is 0 Å². The summed E-state index contributed by atoms with van der Waals surface area (Å²) in [5, 5.41) is 2.82. The number of imidazole rings is 1. The second-order valence-corrected chi connectivity index (χ2v) is 7.14. The summed E-state index contributed by atoms with van der Waals surface area (Å²) in [6, 6.07) is 12.6. The Morgan fingerprint density at radius 1 is 1.16 bits per heavy atom. The van der Waals surface area contributed by atoms with E-state index in [9.17, 15) is 9.18 Å². The van der Waals surface area contributed by atoms with Crippen LogP contribution in [0.4, 0.5) is 10.3 Å². The smallest absolute Gasteiger partial charge is 0.262 e. The number of anilines is 1. The molecular weight excluding hydrogens is 385 g/mol. The molecule has 25 heavy (non-hydrogen) atoms. The van der Waals surface area contributed by atoms with Gasteiger partial charge in [0, 0.05) is 10.5 Å². The van der Waals surface area contributed by atoms with Crippen molar-refractivity contribution in [3.05, 3.63) is 58.3 Å². The number of benzene rings is 2. The van der Waals surface area contributed by atoms with Crippen LogP contribution in [0.5, 0.6) is 0 Å². The summed E-state index contributed by atoms with van der Waals surface area (Å²) in [7, 11) is 0. The van der Waals surface area contributed by atoms with Crippen LogP contribution >= 0.6 is 15.9 Å². The van der Waals surface area contributed by atoms with Crippen molar-refractivity contribution in [2.45, 2.75) is 31.7 Å². The fourth-order valence-corrected chi connectivity index (χ4v) is 4.07. The Hall–Kier alpha value is -2.21. The lowest BCUT2D eigenvalue weighted by Gasteiger charge is -2.17.